The number of nitrogens with zero attached hydrogens (tertiary/aromatic N) is 2. The van der Waals surface area contributed by atoms with E-state index in [1.54, 1.807) is 35.2 Å². The lowest BCUT2D eigenvalue weighted by molar-refractivity contribution is -0.130. The SMILES string of the molecule is CC[C@H](C)[C@@H]1NC(=O)CCCN(C(=O)c2cc3cc(F)ccc3[nH]2)CCCNC(=O)c2ccc3[nH]c(=O)n(c3c2)CCCNC1=O. The number of benzene rings is 2. The molecule has 5 rings (SSSR count). The van der Waals surface area contributed by atoms with Gasteiger partial charge in [-0.1, -0.05) is 20.3 Å². The fourth-order valence-corrected chi connectivity index (χ4v) is 5.73. The highest BCUT2D eigenvalue weighted by atomic mass is 19.1. The number of aryl methyl sites for hydroxylation is 1. The highest BCUT2D eigenvalue weighted by Gasteiger charge is 2.26. The monoisotopic (exact) mass is 633 g/mol. The molecule has 3 heterocycles. The molecule has 2 bridgehead atoms. The van der Waals surface area contributed by atoms with Crippen molar-refractivity contribution in [2.75, 3.05) is 26.2 Å². The highest BCUT2D eigenvalue weighted by molar-refractivity contribution is 5.98. The number of hydrogen-bond acceptors (Lipinski definition) is 5. The zero-order valence-corrected chi connectivity index (χ0v) is 26.1. The molecule has 12 nitrogen and oxygen atoms in total. The fraction of sp³-hybridized carbons (Fsp3) is 0.424. The molecule has 13 heteroatoms. The number of aromatic nitrogens is 3. The molecule has 0 fully saturated rings. The van der Waals surface area contributed by atoms with Gasteiger partial charge in [0.05, 0.1) is 11.0 Å². The summed E-state index contributed by atoms with van der Waals surface area (Å²) >= 11 is 0. The third kappa shape index (κ3) is 7.47. The van der Waals surface area contributed by atoms with Crippen molar-refractivity contribution in [1.82, 2.24) is 35.4 Å². The Morgan fingerprint density at radius 2 is 1.65 bits per heavy atom. The second-order valence-electron chi connectivity index (χ2n) is 11.8. The standard InChI is InChI=1S/C33H40FN7O5/c1-3-20(2)29-31(44)36-13-6-16-41-27-19-21(8-10-25(27)38-33(41)46)30(43)35-12-5-15-40(14-4-7-28(42)39-29)32(45)26-18-22-17-23(34)9-11-24(22)37-26/h8-11,17-20,29,37H,3-7,12-16H2,1-2H3,(H,35,43)(H,36,44)(H,38,46)(H,39,42)/t20-,29-/m0/s1. The normalized spacial score (nSPS) is 18.5. The molecule has 0 aliphatic carbocycles. The van der Waals surface area contributed by atoms with Crippen LogP contribution in [0.2, 0.25) is 0 Å². The van der Waals surface area contributed by atoms with Gasteiger partial charge in [-0.05, 0) is 67.6 Å². The lowest BCUT2D eigenvalue weighted by Gasteiger charge is -2.25. The number of imidazole rings is 1. The molecule has 1 aliphatic heterocycles. The van der Waals surface area contributed by atoms with E-state index in [2.05, 4.69) is 25.9 Å². The third-order valence-corrected chi connectivity index (χ3v) is 8.53. The second kappa shape index (κ2) is 14.4. The maximum Gasteiger partial charge on any atom is 0.326 e. The van der Waals surface area contributed by atoms with Gasteiger partial charge in [-0.3, -0.25) is 23.7 Å². The highest BCUT2D eigenvalue weighted by Crippen LogP contribution is 2.19. The van der Waals surface area contributed by atoms with Crippen molar-refractivity contribution in [2.45, 2.75) is 58.5 Å². The summed E-state index contributed by atoms with van der Waals surface area (Å²) in [6.45, 7) is 5.28. The summed E-state index contributed by atoms with van der Waals surface area (Å²) in [6, 6.07) is 10.1. The molecule has 5 N–H and O–H groups in total. The first-order valence-electron chi connectivity index (χ1n) is 15.8. The molecule has 2 aromatic carbocycles. The van der Waals surface area contributed by atoms with E-state index in [1.165, 1.54) is 16.7 Å². The Balaban J connectivity index is 1.37. The van der Waals surface area contributed by atoms with Gasteiger partial charge >= 0.3 is 5.69 Å². The molecule has 4 aromatic rings. The Bertz CT molecular complexity index is 1810. The van der Waals surface area contributed by atoms with Crippen molar-refractivity contribution < 1.29 is 23.6 Å². The zero-order chi connectivity index (χ0) is 32.8. The molecule has 2 atom stereocenters. The van der Waals surface area contributed by atoms with E-state index in [-0.39, 0.29) is 54.7 Å². The van der Waals surface area contributed by atoms with Crippen LogP contribution >= 0.6 is 0 Å². The zero-order valence-electron chi connectivity index (χ0n) is 26.1. The number of rotatable bonds is 3. The number of hydrogen-bond donors (Lipinski definition) is 5. The van der Waals surface area contributed by atoms with Gasteiger partial charge in [0.15, 0.2) is 0 Å². The summed E-state index contributed by atoms with van der Waals surface area (Å²) in [7, 11) is 0. The first-order valence-corrected chi connectivity index (χ1v) is 15.8. The van der Waals surface area contributed by atoms with Gasteiger partial charge < -0.3 is 30.8 Å². The number of nitrogens with one attached hydrogen (secondary N) is 5. The molecule has 0 spiro atoms. The van der Waals surface area contributed by atoms with E-state index < -0.39 is 11.9 Å². The van der Waals surface area contributed by atoms with Crippen molar-refractivity contribution in [2.24, 2.45) is 5.92 Å². The smallest absolute Gasteiger partial charge is 0.326 e. The van der Waals surface area contributed by atoms with Crippen LogP contribution in [0.3, 0.4) is 0 Å². The van der Waals surface area contributed by atoms with Crippen LogP contribution in [0, 0.1) is 11.7 Å². The number of carbonyl (C=O) groups excluding carboxylic acids is 4. The molecule has 0 saturated carbocycles. The number of halogens is 1. The van der Waals surface area contributed by atoms with E-state index in [0.717, 1.165) is 0 Å². The molecule has 1 aliphatic rings. The fourth-order valence-electron chi connectivity index (χ4n) is 5.73. The minimum Gasteiger partial charge on any atom is -0.354 e. The summed E-state index contributed by atoms with van der Waals surface area (Å²) < 4.78 is 15.3. The predicted octanol–water partition coefficient (Wildman–Crippen LogP) is 3.04. The maximum atomic E-state index is 13.8. The third-order valence-electron chi connectivity index (χ3n) is 8.53. The van der Waals surface area contributed by atoms with Gasteiger partial charge in [0.2, 0.25) is 11.8 Å². The van der Waals surface area contributed by atoms with Gasteiger partial charge in [0.25, 0.3) is 11.8 Å². The van der Waals surface area contributed by atoms with Gasteiger partial charge in [0.1, 0.15) is 17.6 Å². The first kappa shape index (κ1) is 32.5. The van der Waals surface area contributed by atoms with Crippen LogP contribution in [0.4, 0.5) is 4.39 Å². The van der Waals surface area contributed by atoms with E-state index in [1.807, 2.05) is 13.8 Å². The molecule has 46 heavy (non-hydrogen) atoms. The number of carbonyl (C=O) groups is 4. The second-order valence-corrected chi connectivity index (χ2v) is 11.8. The van der Waals surface area contributed by atoms with Crippen LogP contribution in [-0.4, -0.2) is 75.3 Å². The molecule has 0 unspecified atom stereocenters. The lowest BCUT2D eigenvalue weighted by Crippen LogP contribution is -2.50. The maximum absolute atomic E-state index is 13.8. The van der Waals surface area contributed by atoms with Crippen molar-refractivity contribution in [3.63, 3.8) is 0 Å². The Morgan fingerprint density at radius 3 is 2.46 bits per heavy atom. The van der Waals surface area contributed by atoms with Gasteiger partial charge in [0, 0.05) is 55.6 Å². The summed E-state index contributed by atoms with van der Waals surface area (Å²) in [4.78, 5) is 72.8. The molecule has 244 valence electrons. The average molecular weight is 634 g/mol. The number of H-pyrrole nitrogens is 2. The van der Waals surface area contributed by atoms with E-state index in [9.17, 15) is 28.4 Å². The van der Waals surface area contributed by atoms with Gasteiger partial charge in [-0.25, -0.2) is 9.18 Å². The van der Waals surface area contributed by atoms with E-state index in [4.69, 9.17) is 0 Å². The number of fused-ring (bicyclic) bond motifs is 2. The van der Waals surface area contributed by atoms with Gasteiger partial charge in [-0.15, -0.1) is 0 Å². The van der Waals surface area contributed by atoms with Crippen LogP contribution in [0.5, 0.6) is 0 Å². The van der Waals surface area contributed by atoms with Crippen LogP contribution < -0.4 is 21.6 Å². The molecule has 2 aromatic heterocycles. The Kier molecular flexibility index (Phi) is 10.2. The molecule has 0 saturated heterocycles. The summed E-state index contributed by atoms with van der Waals surface area (Å²) in [5.41, 5.74) is 2.16. The quantitative estimate of drug-likeness (QED) is 0.234. The largest absolute Gasteiger partial charge is 0.354 e. The van der Waals surface area contributed by atoms with Crippen molar-refractivity contribution in [1.29, 1.82) is 0 Å². The van der Waals surface area contributed by atoms with E-state index >= 15 is 0 Å². The van der Waals surface area contributed by atoms with Crippen molar-refractivity contribution in [3.8, 4) is 0 Å². The van der Waals surface area contributed by atoms with E-state index in [0.29, 0.717) is 78.5 Å². The summed E-state index contributed by atoms with van der Waals surface area (Å²) in [5.74, 6) is -1.75. The number of aromatic amines is 2. The molecular weight excluding hydrogens is 593 g/mol. The predicted molar refractivity (Wildman–Crippen MR) is 172 cm³/mol. The molecule has 4 amide bonds. The van der Waals surface area contributed by atoms with Gasteiger partial charge in [-0.2, -0.15) is 0 Å². The van der Waals surface area contributed by atoms with Crippen LogP contribution in [0.1, 0.15) is 66.8 Å². The molecule has 0 radical (unpaired) electrons. The van der Waals surface area contributed by atoms with Crippen LogP contribution in [0.15, 0.2) is 47.3 Å². The Hall–Kier alpha value is -4.94. The van der Waals surface area contributed by atoms with Crippen LogP contribution in [0.25, 0.3) is 21.9 Å². The summed E-state index contributed by atoms with van der Waals surface area (Å²) in [6.07, 6.45) is 2.02. The minimum atomic E-state index is -0.730. The minimum absolute atomic E-state index is 0.0979. The number of amides is 4. The molecular formula is C33H40FN7O5. The van der Waals surface area contributed by atoms with Crippen molar-refractivity contribution in [3.05, 3.63) is 70.0 Å². The lowest BCUT2D eigenvalue weighted by atomic mass is 9.98. The summed E-state index contributed by atoms with van der Waals surface area (Å²) in [5, 5.41) is 9.21. The average Bonchev–Trinajstić information content (AvgIpc) is 3.60. The topological polar surface area (TPSA) is 161 Å². The Morgan fingerprint density at radius 1 is 0.913 bits per heavy atom. The van der Waals surface area contributed by atoms with Crippen molar-refractivity contribution >= 4 is 45.6 Å². The first-order chi connectivity index (χ1) is 22.1. The Labute approximate surface area is 265 Å². The van der Waals surface area contributed by atoms with Crippen LogP contribution in [-0.2, 0) is 16.1 Å².